The number of nitrogens with zero attached hydrogens (tertiary/aromatic N) is 1. The van der Waals surface area contributed by atoms with Crippen LogP contribution in [0.5, 0.6) is 0 Å². The second-order valence-electron chi connectivity index (χ2n) is 1.12. The Kier molecular flexibility index (Phi) is 2.31. The minimum absolute atomic E-state index is 0.294. The molecular formula is C4H6N2S. The van der Waals surface area contributed by atoms with Crippen LogP contribution in [-0.2, 0) is 0 Å². The number of nitrogens with two attached hydrogens (primary N) is 1. The number of allylic oxidation sites excluding steroid dienone is 1. The van der Waals surface area contributed by atoms with Crippen LogP contribution in [-0.4, -0.2) is 0 Å². The maximum Gasteiger partial charge on any atom is 0.0971 e. The van der Waals surface area contributed by atoms with Crippen molar-refractivity contribution in [3.05, 3.63) is 10.6 Å². The zero-order valence-corrected chi connectivity index (χ0v) is 4.87. The minimum atomic E-state index is 0.294. The van der Waals surface area contributed by atoms with E-state index in [1.165, 1.54) is 0 Å². The van der Waals surface area contributed by atoms with Crippen LogP contribution in [0, 0.1) is 11.3 Å². The SMILES string of the molecule is C/C(C#N)=C(\N)S. The molecule has 0 aliphatic carbocycles. The highest BCUT2D eigenvalue weighted by Gasteiger charge is 1.84. The van der Waals surface area contributed by atoms with Crippen molar-refractivity contribution in [3.8, 4) is 6.07 Å². The second kappa shape index (κ2) is 2.54. The van der Waals surface area contributed by atoms with E-state index in [1.54, 1.807) is 6.92 Å². The van der Waals surface area contributed by atoms with Crippen molar-refractivity contribution in [2.75, 3.05) is 0 Å². The molecule has 2 N–H and O–H groups in total. The Balaban J connectivity index is 4.07. The van der Waals surface area contributed by atoms with E-state index in [2.05, 4.69) is 12.6 Å². The molecule has 0 saturated heterocycles. The lowest BCUT2D eigenvalue weighted by molar-refractivity contribution is 1.38. The normalized spacial score (nSPS) is 12.1. The van der Waals surface area contributed by atoms with Crippen LogP contribution in [0.15, 0.2) is 10.6 Å². The van der Waals surface area contributed by atoms with Crippen molar-refractivity contribution in [1.29, 1.82) is 5.26 Å². The molecule has 0 rings (SSSR count). The van der Waals surface area contributed by atoms with Gasteiger partial charge >= 0.3 is 0 Å². The highest BCUT2D eigenvalue weighted by molar-refractivity contribution is 7.84. The first-order valence-electron chi connectivity index (χ1n) is 1.74. The third-order valence-electron chi connectivity index (χ3n) is 0.552. The minimum Gasteiger partial charge on any atom is -0.393 e. The van der Waals surface area contributed by atoms with Gasteiger partial charge in [0.1, 0.15) is 0 Å². The smallest absolute Gasteiger partial charge is 0.0971 e. The Morgan fingerprint density at radius 1 is 1.86 bits per heavy atom. The van der Waals surface area contributed by atoms with Gasteiger partial charge in [0.05, 0.1) is 16.7 Å². The summed E-state index contributed by atoms with van der Waals surface area (Å²) < 4.78 is 0. The molecule has 0 unspecified atom stereocenters. The summed E-state index contributed by atoms with van der Waals surface area (Å²) in [5, 5.41) is 8.36. The first kappa shape index (κ1) is 6.38. The van der Waals surface area contributed by atoms with Crippen molar-refractivity contribution in [3.63, 3.8) is 0 Å². The van der Waals surface area contributed by atoms with Crippen LogP contribution in [0.4, 0.5) is 0 Å². The maximum absolute atomic E-state index is 8.07. The van der Waals surface area contributed by atoms with Gasteiger partial charge in [-0.1, -0.05) is 0 Å². The number of hydrogen-bond acceptors (Lipinski definition) is 3. The van der Waals surface area contributed by atoms with Gasteiger partial charge in [0.25, 0.3) is 0 Å². The van der Waals surface area contributed by atoms with Crippen LogP contribution in [0.1, 0.15) is 6.92 Å². The molecule has 0 saturated carbocycles. The largest absolute Gasteiger partial charge is 0.393 e. The summed E-state index contributed by atoms with van der Waals surface area (Å²) in [7, 11) is 0. The lowest BCUT2D eigenvalue weighted by Gasteiger charge is -1.84. The quantitative estimate of drug-likeness (QED) is 0.358. The molecule has 0 aromatic rings. The fraction of sp³-hybridized carbons (Fsp3) is 0.250. The molecule has 7 heavy (non-hydrogen) atoms. The molecule has 0 heterocycles. The number of hydrogen-bond donors (Lipinski definition) is 2. The van der Waals surface area contributed by atoms with Gasteiger partial charge in [0.2, 0.25) is 0 Å². The van der Waals surface area contributed by atoms with Gasteiger partial charge < -0.3 is 5.73 Å². The monoisotopic (exact) mass is 114 g/mol. The highest BCUT2D eigenvalue weighted by Crippen LogP contribution is 1.97. The lowest BCUT2D eigenvalue weighted by atomic mass is 10.4. The van der Waals surface area contributed by atoms with Gasteiger partial charge in [0.15, 0.2) is 0 Å². The fourth-order valence-corrected chi connectivity index (χ4v) is 0.107. The van der Waals surface area contributed by atoms with E-state index in [-0.39, 0.29) is 0 Å². The average molecular weight is 114 g/mol. The number of thiol groups is 1. The average Bonchev–Trinajstić information content (AvgIpc) is 1.65. The van der Waals surface area contributed by atoms with Crippen LogP contribution < -0.4 is 5.73 Å². The second-order valence-corrected chi connectivity index (χ2v) is 1.60. The summed E-state index contributed by atoms with van der Waals surface area (Å²) in [4.78, 5) is 0. The molecule has 3 heteroatoms. The summed E-state index contributed by atoms with van der Waals surface area (Å²) in [6.07, 6.45) is 0. The van der Waals surface area contributed by atoms with Gasteiger partial charge in [-0.2, -0.15) is 5.26 Å². The molecule has 0 aromatic carbocycles. The summed E-state index contributed by atoms with van der Waals surface area (Å²) in [6, 6.07) is 1.84. The van der Waals surface area contributed by atoms with Crippen molar-refractivity contribution in [1.82, 2.24) is 0 Å². The number of nitriles is 1. The van der Waals surface area contributed by atoms with Crippen molar-refractivity contribution in [2.24, 2.45) is 5.73 Å². The van der Waals surface area contributed by atoms with Gasteiger partial charge in [-0.15, -0.1) is 12.6 Å². The van der Waals surface area contributed by atoms with E-state index >= 15 is 0 Å². The maximum atomic E-state index is 8.07. The molecule has 0 aliphatic heterocycles. The molecule has 0 atom stereocenters. The Bertz CT molecular complexity index is 127. The van der Waals surface area contributed by atoms with E-state index in [9.17, 15) is 0 Å². The fourth-order valence-electron chi connectivity index (χ4n) is 0.0573. The molecule has 0 fully saturated rings. The van der Waals surface area contributed by atoms with E-state index in [0.29, 0.717) is 10.6 Å². The summed E-state index contributed by atoms with van der Waals surface area (Å²) >= 11 is 3.71. The molecular weight excluding hydrogens is 108 g/mol. The summed E-state index contributed by atoms with van der Waals surface area (Å²) in [6.45, 7) is 1.61. The van der Waals surface area contributed by atoms with Crippen molar-refractivity contribution in [2.45, 2.75) is 6.92 Å². The third kappa shape index (κ3) is 2.12. The zero-order valence-electron chi connectivity index (χ0n) is 3.97. The van der Waals surface area contributed by atoms with Crippen LogP contribution in [0.25, 0.3) is 0 Å². The molecule has 0 radical (unpaired) electrons. The third-order valence-corrected chi connectivity index (χ3v) is 0.887. The molecule has 2 nitrogen and oxygen atoms in total. The van der Waals surface area contributed by atoms with Crippen LogP contribution >= 0.6 is 12.6 Å². The highest BCUT2D eigenvalue weighted by atomic mass is 32.1. The van der Waals surface area contributed by atoms with Crippen molar-refractivity contribution >= 4 is 12.6 Å². The topological polar surface area (TPSA) is 49.8 Å². The van der Waals surface area contributed by atoms with Gasteiger partial charge in [0, 0.05) is 0 Å². The lowest BCUT2D eigenvalue weighted by Crippen LogP contribution is -1.89. The van der Waals surface area contributed by atoms with Gasteiger partial charge in [-0.05, 0) is 6.92 Å². The van der Waals surface area contributed by atoms with E-state index in [0.717, 1.165) is 0 Å². The van der Waals surface area contributed by atoms with E-state index in [1.807, 2.05) is 6.07 Å². The molecule has 0 aromatic heterocycles. The van der Waals surface area contributed by atoms with Gasteiger partial charge in [-0.25, -0.2) is 0 Å². The standard InChI is InChI=1S/C4H6N2S/c1-3(2-5)4(6)7/h7H,6H2,1H3/b4-3-. The Hall–Kier alpha value is -0.620. The van der Waals surface area contributed by atoms with Crippen LogP contribution in [0.2, 0.25) is 0 Å². The summed E-state index contributed by atoms with van der Waals surface area (Å²) in [5.74, 6) is 0. The molecule has 38 valence electrons. The number of rotatable bonds is 0. The molecule has 0 amide bonds. The predicted octanol–water partition coefficient (Wildman–Crippen LogP) is 0.630. The van der Waals surface area contributed by atoms with Gasteiger partial charge in [-0.3, -0.25) is 0 Å². The van der Waals surface area contributed by atoms with Crippen LogP contribution in [0.3, 0.4) is 0 Å². The first-order chi connectivity index (χ1) is 3.18. The predicted molar refractivity (Wildman–Crippen MR) is 31.5 cm³/mol. The molecule has 0 bridgehead atoms. The van der Waals surface area contributed by atoms with E-state index in [4.69, 9.17) is 11.0 Å². The Morgan fingerprint density at radius 3 is 2.29 bits per heavy atom. The Morgan fingerprint density at radius 2 is 2.29 bits per heavy atom. The van der Waals surface area contributed by atoms with Crippen molar-refractivity contribution < 1.29 is 0 Å². The first-order valence-corrected chi connectivity index (χ1v) is 2.18. The Labute approximate surface area is 48.0 Å². The molecule has 0 spiro atoms. The van der Waals surface area contributed by atoms with E-state index < -0.39 is 0 Å². The molecule has 0 aliphatic rings. The zero-order chi connectivity index (χ0) is 5.86. The summed E-state index contributed by atoms with van der Waals surface area (Å²) in [5.41, 5.74) is 5.53.